The second kappa shape index (κ2) is 4.84. The molecule has 15 heavy (non-hydrogen) atoms. The first-order valence-corrected chi connectivity index (χ1v) is 6.63. The minimum absolute atomic E-state index is 0.182. The summed E-state index contributed by atoms with van der Waals surface area (Å²) in [6.45, 7) is 4.44. The molecule has 2 fully saturated rings. The van der Waals surface area contributed by atoms with E-state index < -0.39 is 0 Å². The Labute approximate surface area is 93.3 Å². The van der Waals surface area contributed by atoms with Crippen molar-refractivity contribution in [1.29, 1.82) is 0 Å². The van der Waals surface area contributed by atoms with Gasteiger partial charge in [-0.2, -0.15) is 0 Å². The Morgan fingerprint density at radius 1 is 1.07 bits per heavy atom. The van der Waals surface area contributed by atoms with E-state index in [9.17, 15) is 0 Å². The topological polar surface area (TPSA) is 18.5 Å². The number of rotatable bonds is 3. The maximum atomic E-state index is 6.19. The lowest BCUT2D eigenvalue weighted by Gasteiger charge is -2.38. The minimum atomic E-state index is -0.182. The minimum Gasteiger partial charge on any atom is -0.347 e. The van der Waals surface area contributed by atoms with Crippen LogP contribution in [0.4, 0.5) is 0 Å². The summed E-state index contributed by atoms with van der Waals surface area (Å²) in [5.74, 6) is -0.182. The van der Waals surface area contributed by atoms with Crippen LogP contribution >= 0.6 is 0 Å². The highest BCUT2D eigenvalue weighted by Crippen LogP contribution is 2.41. The molecule has 88 valence electrons. The molecule has 0 N–H and O–H groups in total. The quantitative estimate of drug-likeness (QED) is 0.711. The molecule has 1 spiro atoms. The molecule has 0 aromatic carbocycles. The molecule has 0 aromatic rings. The van der Waals surface area contributed by atoms with Gasteiger partial charge in [0.05, 0.1) is 12.2 Å². The first kappa shape index (κ1) is 11.4. The Balaban J connectivity index is 1.91. The molecule has 2 rings (SSSR count). The van der Waals surface area contributed by atoms with E-state index in [1.165, 1.54) is 32.1 Å². The van der Waals surface area contributed by atoms with Gasteiger partial charge in [0.1, 0.15) is 0 Å². The molecule has 0 aliphatic carbocycles. The monoisotopic (exact) mass is 212 g/mol. The smallest absolute Gasteiger partial charge is 0.169 e. The average molecular weight is 212 g/mol. The van der Waals surface area contributed by atoms with Gasteiger partial charge in [-0.3, -0.25) is 0 Å². The molecular weight excluding hydrogens is 188 g/mol. The van der Waals surface area contributed by atoms with Gasteiger partial charge in [0.15, 0.2) is 5.79 Å². The molecule has 3 unspecified atom stereocenters. The highest BCUT2D eigenvalue weighted by Gasteiger charge is 2.43. The zero-order chi connectivity index (χ0) is 10.7. The van der Waals surface area contributed by atoms with Crippen molar-refractivity contribution < 1.29 is 9.47 Å². The van der Waals surface area contributed by atoms with E-state index in [0.29, 0.717) is 12.2 Å². The molecule has 3 atom stereocenters. The summed E-state index contributed by atoms with van der Waals surface area (Å²) < 4.78 is 12.3. The van der Waals surface area contributed by atoms with Crippen molar-refractivity contribution in [2.45, 2.75) is 83.2 Å². The standard InChI is InChI=1S/C13H24O2/c1-3-6-12-7-5-9-13(15-12)10-8-11(4-2)14-13/h11-12H,3-10H2,1-2H3. The van der Waals surface area contributed by atoms with E-state index in [2.05, 4.69) is 13.8 Å². The van der Waals surface area contributed by atoms with Crippen molar-refractivity contribution in [2.24, 2.45) is 0 Å². The molecule has 0 saturated carbocycles. The van der Waals surface area contributed by atoms with Crippen LogP contribution in [0.3, 0.4) is 0 Å². The Morgan fingerprint density at radius 2 is 1.87 bits per heavy atom. The fourth-order valence-corrected chi connectivity index (χ4v) is 2.91. The van der Waals surface area contributed by atoms with Crippen LogP contribution in [0.5, 0.6) is 0 Å². The number of ether oxygens (including phenoxy) is 2. The van der Waals surface area contributed by atoms with Gasteiger partial charge in [-0.05, 0) is 32.1 Å². The van der Waals surface area contributed by atoms with Crippen LogP contribution in [0.1, 0.15) is 65.2 Å². The Hall–Kier alpha value is -0.0800. The molecular formula is C13H24O2. The lowest BCUT2D eigenvalue weighted by molar-refractivity contribution is -0.270. The lowest BCUT2D eigenvalue weighted by atomic mass is 9.96. The van der Waals surface area contributed by atoms with Crippen molar-refractivity contribution in [1.82, 2.24) is 0 Å². The van der Waals surface area contributed by atoms with Gasteiger partial charge in [-0.1, -0.05) is 20.3 Å². The molecule has 0 aromatic heterocycles. The van der Waals surface area contributed by atoms with Crippen LogP contribution < -0.4 is 0 Å². The van der Waals surface area contributed by atoms with Crippen molar-refractivity contribution in [3.05, 3.63) is 0 Å². The summed E-state index contributed by atoms with van der Waals surface area (Å²) in [5.41, 5.74) is 0. The van der Waals surface area contributed by atoms with Crippen molar-refractivity contribution >= 4 is 0 Å². The Bertz CT molecular complexity index is 203. The largest absolute Gasteiger partial charge is 0.347 e. The van der Waals surface area contributed by atoms with Gasteiger partial charge in [-0.25, -0.2) is 0 Å². The fraction of sp³-hybridized carbons (Fsp3) is 1.00. The summed E-state index contributed by atoms with van der Waals surface area (Å²) in [4.78, 5) is 0. The zero-order valence-electron chi connectivity index (χ0n) is 10.1. The predicted molar refractivity (Wildman–Crippen MR) is 60.8 cm³/mol. The first-order chi connectivity index (χ1) is 7.28. The molecule has 2 heteroatoms. The second-order valence-corrected chi connectivity index (χ2v) is 5.02. The van der Waals surface area contributed by atoms with E-state index in [1.54, 1.807) is 0 Å². The van der Waals surface area contributed by atoms with Crippen LogP contribution in [-0.4, -0.2) is 18.0 Å². The molecule has 0 amide bonds. The third-order valence-electron chi connectivity index (χ3n) is 3.76. The lowest BCUT2D eigenvalue weighted by Crippen LogP contribution is -2.40. The van der Waals surface area contributed by atoms with Crippen LogP contribution in [0.2, 0.25) is 0 Å². The summed E-state index contributed by atoms with van der Waals surface area (Å²) >= 11 is 0. The van der Waals surface area contributed by atoms with Gasteiger partial charge >= 0.3 is 0 Å². The fourth-order valence-electron chi connectivity index (χ4n) is 2.91. The van der Waals surface area contributed by atoms with E-state index in [4.69, 9.17) is 9.47 Å². The molecule has 2 aliphatic rings. The molecule has 2 nitrogen and oxygen atoms in total. The van der Waals surface area contributed by atoms with Crippen LogP contribution in [0.25, 0.3) is 0 Å². The van der Waals surface area contributed by atoms with E-state index in [0.717, 1.165) is 19.3 Å². The summed E-state index contributed by atoms with van der Waals surface area (Å²) in [6.07, 6.45) is 10.4. The predicted octanol–water partition coefficient (Wildman–Crippen LogP) is 3.64. The summed E-state index contributed by atoms with van der Waals surface area (Å²) in [6, 6.07) is 0. The van der Waals surface area contributed by atoms with Crippen LogP contribution in [0.15, 0.2) is 0 Å². The van der Waals surface area contributed by atoms with Gasteiger partial charge in [0.2, 0.25) is 0 Å². The van der Waals surface area contributed by atoms with Crippen LogP contribution in [0, 0.1) is 0 Å². The van der Waals surface area contributed by atoms with Crippen molar-refractivity contribution in [3.8, 4) is 0 Å². The highest BCUT2D eigenvalue weighted by molar-refractivity contribution is 4.85. The second-order valence-electron chi connectivity index (χ2n) is 5.02. The SMILES string of the molecule is CCCC1CCCC2(CCC(CC)O2)O1. The summed E-state index contributed by atoms with van der Waals surface area (Å²) in [5, 5.41) is 0. The number of hydrogen-bond donors (Lipinski definition) is 0. The molecule has 0 radical (unpaired) electrons. The van der Waals surface area contributed by atoms with E-state index >= 15 is 0 Å². The third-order valence-corrected chi connectivity index (χ3v) is 3.76. The maximum Gasteiger partial charge on any atom is 0.169 e. The maximum absolute atomic E-state index is 6.19. The highest BCUT2D eigenvalue weighted by atomic mass is 16.7. The van der Waals surface area contributed by atoms with E-state index in [1.807, 2.05) is 0 Å². The number of hydrogen-bond acceptors (Lipinski definition) is 2. The molecule has 2 saturated heterocycles. The van der Waals surface area contributed by atoms with Gasteiger partial charge in [0.25, 0.3) is 0 Å². The first-order valence-electron chi connectivity index (χ1n) is 6.63. The average Bonchev–Trinajstić information content (AvgIpc) is 2.62. The Kier molecular flexibility index (Phi) is 3.68. The normalized spacial score (nSPS) is 41.2. The van der Waals surface area contributed by atoms with Gasteiger partial charge < -0.3 is 9.47 Å². The van der Waals surface area contributed by atoms with Gasteiger partial charge in [0, 0.05) is 12.8 Å². The zero-order valence-corrected chi connectivity index (χ0v) is 10.1. The third kappa shape index (κ3) is 2.54. The molecule has 2 aliphatic heterocycles. The van der Waals surface area contributed by atoms with Crippen molar-refractivity contribution in [2.75, 3.05) is 0 Å². The Morgan fingerprint density at radius 3 is 2.53 bits per heavy atom. The van der Waals surface area contributed by atoms with Crippen molar-refractivity contribution in [3.63, 3.8) is 0 Å². The van der Waals surface area contributed by atoms with Crippen LogP contribution in [-0.2, 0) is 9.47 Å². The van der Waals surface area contributed by atoms with Gasteiger partial charge in [-0.15, -0.1) is 0 Å². The van der Waals surface area contributed by atoms with E-state index in [-0.39, 0.29) is 5.79 Å². The molecule has 2 heterocycles. The molecule has 0 bridgehead atoms. The summed E-state index contributed by atoms with van der Waals surface area (Å²) in [7, 11) is 0.